The highest BCUT2D eigenvalue weighted by atomic mass is 16.5. The van der Waals surface area contributed by atoms with E-state index in [0.29, 0.717) is 12.4 Å². The number of carbonyl (C=O) groups excluding carboxylic acids is 2. The molecule has 0 saturated carbocycles. The largest absolute Gasteiger partial charge is 0.469 e. The van der Waals surface area contributed by atoms with Gasteiger partial charge in [0, 0.05) is 0 Å². The van der Waals surface area contributed by atoms with Crippen LogP contribution in [0.15, 0.2) is 22.8 Å². The topological polar surface area (TPSA) is 56.5 Å². The zero-order valence-corrected chi connectivity index (χ0v) is 8.86. The first kappa shape index (κ1) is 11.5. The summed E-state index contributed by atoms with van der Waals surface area (Å²) in [6.45, 7) is 3.49. The normalized spacial score (nSPS) is 12.1. The molecule has 4 nitrogen and oxygen atoms in total. The molecule has 0 fully saturated rings. The third-order valence-electron chi connectivity index (χ3n) is 2.05. The molecule has 0 spiro atoms. The Balaban J connectivity index is 2.68. The summed E-state index contributed by atoms with van der Waals surface area (Å²) in [5.41, 5.74) is 0. The number of esters is 1. The highest BCUT2D eigenvalue weighted by Crippen LogP contribution is 2.21. The Morgan fingerprint density at radius 3 is 2.73 bits per heavy atom. The molecular formula is C11H14O4. The molecule has 1 heterocycles. The maximum Gasteiger partial charge on any atom is 0.306 e. The third-order valence-corrected chi connectivity index (χ3v) is 2.05. The highest BCUT2D eigenvalue weighted by molar-refractivity contribution is 5.87. The van der Waals surface area contributed by atoms with Crippen LogP contribution in [0.25, 0.3) is 0 Å². The van der Waals surface area contributed by atoms with Crippen LogP contribution in [0, 0.1) is 0 Å². The van der Waals surface area contributed by atoms with Crippen molar-refractivity contribution in [1.29, 1.82) is 0 Å². The lowest BCUT2D eigenvalue weighted by atomic mass is 9.98. The van der Waals surface area contributed by atoms with Crippen molar-refractivity contribution in [2.24, 2.45) is 0 Å². The van der Waals surface area contributed by atoms with Gasteiger partial charge in [-0.25, -0.2) is 0 Å². The van der Waals surface area contributed by atoms with E-state index in [9.17, 15) is 9.59 Å². The molecule has 0 saturated heterocycles. The molecule has 1 unspecified atom stereocenters. The lowest BCUT2D eigenvalue weighted by molar-refractivity contribution is -0.145. The number of Topliss-reactive ketones (excluding diaryl/α,β-unsaturated/α-hetero) is 1. The zero-order valence-electron chi connectivity index (χ0n) is 8.86. The number of hydrogen-bond acceptors (Lipinski definition) is 4. The van der Waals surface area contributed by atoms with Crippen LogP contribution < -0.4 is 0 Å². The summed E-state index contributed by atoms with van der Waals surface area (Å²) in [5, 5.41) is 0. The van der Waals surface area contributed by atoms with E-state index in [2.05, 4.69) is 0 Å². The van der Waals surface area contributed by atoms with Crippen molar-refractivity contribution in [1.82, 2.24) is 0 Å². The molecule has 1 atom stereocenters. The molecule has 0 radical (unpaired) electrons. The second kappa shape index (κ2) is 5.34. The maximum absolute atomic E-state index is 11.3. The van der Waals surface area contributed by atoms with E-state index in [0.717, 1.165) is 0 Å². The lowest BCUT2D eigenvalue weighted by Crippen LogP contribution is -2.15. The minimum Gasteiger partial charge on any atom is -0.469 e. The van der Waals surface area contributed by atoms with Crippen LogP contribution in [0.3, 0.4) is 0 Å². The van der Waals surface area contributed by atoms with E-state index in [1.807, 2.05) is 0 Å². The smallest absolute Gasteiger partial charge is 0.306 e. The van der Waals surface area contributed by atoms with Gasteiger partial charge in [0.25, 0.3) is 0 Å². The maximum atomic E-state index is 11.3. The van der Waals surface area contributed by atoms with Crippen molar-refractivity contribution >= 4 is 11.8 Å². The summed E-state index contributed by atoms with van der Waals surface area (Å²) >= 11 is 0. The Labute approximate surface area is 88.2 Å². The first-order valence-corrected chi connectivity index (χ1v) is 4.84. The Bertz CT molecular complexity index is 326. The van der Waals surface area contributed by atoms with Crippen LogP contribution in [0.5, 0.6) is 0 Å². The summed E-state index contributed by atoms with van der Waals surface area (Å²) in [6, 6.07) is 3.38. The van der Waals surface area contributed by atoms with Crippen LogP contribution in [0.2, 0.25) is 0 Å². The van der Waals surface area contributed by atoms with Gasteiger partial charge in [-0.2, -0.15) is 0 Å². The predicted octanol–water partition coefficient (Wildman–Crippen LogP) is 1.91. The monoisotopic (exact) mass is 210 g/mol. The SMILES string of the molecule is CCOC(=O)CC(C(C)=O)c1ccco1. The standard InChI is InChI=1S/C11H14O4/c1-3-14-11(13)7-9(8(2)12)10-5-4-6-15-10/h4-6,9H,3,7H2,1-2H3. The molecule has 15 heavy (non-hydrogen) atoms. The van der Waals surface area contributed by atoms with Gasteiger partial charge < -0.3 is 9.15 Å². The molecule has 0 amide bonds. The Morgan fingerprint density at radius 2 is 2.27 bits per heavy atom. The fourth-order valence-corrected chi connectivity index (χ4v) is 1.32. The third kappa shape index (κ3) is 3.23. The van der Waals surface area contributed by atoms with Crippen LogP contribution in [-0.2, 0) is 14.3 Å². The second-order valence-electron chi connectivity index (χ2n) is 3.19. The molecule has 4 heteroatoms. The number of furan rings is 1. The second-order valence-corrected chi connectivity index (χ2v) is 3.19. The number of ketones is 1. The van der Waals surface area contributed by atoms with E-state index in [1.165, 1.54) is 13.2 Å². The highest BCUT2D eigenvalue weighted by Gasteiger charge is 2.23. The molecule has 1 aromatic rings. The minimum absolute atomic E-state index is 0.0384. The van der Waals surface area contributed by atoms with Crippen LogP contribution in [0.4, 0.5) is 0 Å². The number of hydrogen-bond donors (Lipinski definition) is 0. The average molecular weight is 210 g/mol. The van der Waals surface area contributed by atoms with Crippen molar-refractivity contribution in [2.45, 2.75) is 26.2 Å². The fourth-order valence-electron chi connectivity index (χ4n) is 1.32. The van der Waals surface area contributed by atoms with Gasteiger partial charge in [0.15, 0.2) is 0 Å². The van der Waals surface area contributed by atoms with Gasteiger partial charge in [-0.05, 0) is 26.0 Å². The van der Waals surface area contributed by atoms with Crippen molar-refractivity contribution in [3.8, 4) is 0 Å². The molecule has 0 bridgehead atoms. The summed E-state index contributed by atoms with van der Waals surface area (Å²) in [7, 11) is 0. The van der Waals surface area contributed by atoms with E-state index < -0.39 is 5.92 Å². The zero-order chi connectivity index (χ0) is 11.3. The van der Waals surface area contributed by atoms with Gasteiger partial charge in [0.2, 0.25) is 0 Å². The summed E-state index contributed by atoms with van der Waals surface area (Å²) in [6.07, 6.45) is 1.52. The Hall–Kier alpha value is -1.58. The molecular weight excluding hydrogens is 196 g/mol. The minimum atomic E-state index is -0.529. The number of ether oxygens (including phenoxy) is 1. The molecule has 0 aliphatic rings. The van der Waals surface area contributed by atoms with Crippen molar-refractivity contribution in [2.75, 3.05) is 6.61 Å². The van der Waals surface area contributed by atoms with E-state index in [1.54, 1.807) is 19.1 Å². The Morgan fingerprint density at radius 1 is 1.53 bits per heavy atom. The average Bonchev–Trinajstić information content (AvgIpc) is 2.66. The van der Waals surface area contributed by atoms with Crippen molar-refractivity contribution in [3.05, 3.63) is 24.2 Å². The lowest BCUT2D eigenvalue weighted by Gasteiger charge is -2.09. The van der Waals surface area contributed by atoms with Gasteiger partial charge in [-0.15, -0.1) is 0 Å². The quantitative estimate of drug-likeness (QED) is 0.696. The van der Waals surface area contributed by atoms with Crippen LogP contribution in [-0.4, -0.2) is 18.4 Å². The summed E-state index contributed by atoms with van der Waals surface area (Å²) in [4.78, 5) is 22.6. The van der Waals surface area contributed by atoms with Crippen molar-refractivity contribution in [3.63, 3.8) is 0 Å². The van der Waals surface area contributed by atoms with Crippen LogP contribution in [0.1, 0.15) is 31.9 Å². The predicted molar refractivity (Wildman–Crippen MR) is 53.4 cm³/mol. The van der Waals surface area contributed by atoms with E-state index >= 15 is 0 Å². The fraction of sp³-hybridized carbons (Fsp3) is 0.455. The molecule has 0 aromatic carbocycles. The molecule has 0 aliphatic heterocycles. The number of rotatable bonds is 5. The molecule has 0 aliphatic carbocycles. The van der Waals surface area contributed by atoms with Gasteiger partial charge in [-0.3, -0.25) is 9.59 Å². The molecule has 0 N–H and O–H groups in total. The summed E-state index contributed by atoms with van der Waals surface area (Å²) < 4.78 is 9.90. The van der Waals surface area contributed by atoms with E-state index in [-0.39, 0.29) is 18.2 Å². The van der Waals surface area contributed by atoms with Crippen molar-refractivity contribution < 1.29 is 18.7 Å². The molecule has 1 rings (SSSR count). The van der Waals surface area contributed by atoms with Gasteiger partial charge in [0.1, 0.15) is 11.5 Å². The first-order valence-electron chi connectivity index (χ1n) is 4.84. The van der Waals surface area contributed by atoms with Gasteiger partial charge in [0.05, 0.1) is 25.2 Å². The van der Waals surface area contributed by atoms with Crippen LogP contribution >= 0.6 is 0 Å². The number of carbonyl (C=O) groups is 2. The first-order chi connectivity index (χ1) is 7.15. The van der Waals surface area contributed by atoms with Gasteiger partial charge in [-0.1, -0.05) is 0 Å². The van der Waals surface area contributed by atoms with E-state index in [4.69, 9.17) is 9.15 Å². The Kier molecular flexibility index (Phi) is 4.09. The summed E-state index contributed by atoms with van der Waals surface area (Å²) in [5.74, 6) is -0.498. The molecule has 82 valence electrons. The van der Waals surface area contributed by atoms with Gasteiger partial charge >= 0.3 is 5.97 Å². The molecule has 1 aromatic heterocycles.